The summed E-state index contributed by atoms with van der Waals surface area (Å²) in [6, 6.07) is 0. The predicted molar refractivity (Wildman–Crippen MR) is 426 cm³/mol. The lowest BCUT2D eigenvalue weighted by atomic mass is 10.1. The molecule has 0 aromatic rings. The zero-order valence-corrected chi connectivity index (χ0v) is 65.6. The molecule has 3 N–H and O–H groups in total. The Labute approximate surface area is 627 Å². The summed E-state index contributed by atoms with van der Waals surface area (Å²) in [4.78, 5) is 72.9. The number of hydrogen-bond acceptors (Lipinski definition) is 15. The second-order valence-electron chi connectivity index (χ2n) is 24.8. The molecule has 0 spiro atoms. The van der Waals surface area contributed by atoms with Gasteiger partial charge in [0.05, 0.1) is 26.4 Å². The van der Waals surface area contributed by atoms with E-state index < -0.39 is 97.5 Å². The molecule has 17 nitrogen and oxygen atoms in total. The van der Waals surface area contributed by atoms with Crippen molar-refractivity contribution in [2.24, 2.45) is 0 Å². The highest BCUT2D eigenvalue weighted by Crippen LogP contribution is 2.45. The van der Waals surface area contributed by atoms with Gasteiger partial charge in [0.25, 0.3) is 0 Å². The summed E-state index contributed by atoms with van der Waals surface area (Å²) in [5.41, 5.74) is 0. The molecule has 0 rings (SSSR count). The fraction of sp³-hybridized carbons (Fsp3) is 0.576. The number of phosphoric ester groups is 2. The smallest absolute Gasteiger partial charge is 0.462 e. The van der Waals surface area contributed by atoms with Crippen LogP contribution >= 0.6 is 15.6 Å². The Morgan fingerprint density at radius 1 is 0.279 bits per heavy atom. The van der Waals surface area contributed by atoms with Gasteiger partial charge < -0.3 is 33.8 Å². The maximum absolute atomic E-state index is 13.1. The van der Waals surface area contributed by atoms with Crippen molar-refractivity contribution in [2.45, 2.75) is 277 Å². The van der Waals surface area contributed by atoms with E-state index in [0.29, 0.717) is 38.5 Å². The molecule has 19 heteroatoms. The number of carbonyl (C=O) groups is 4. The van der Waals surface area contributed by atoms with E-state index >= 15 is 0 Å². The Bertz CT molecular complexity index is 2740. The molecule has 0 heterocycles. The highest BCUT2D eigenvalue weighted by atomic mass is 31.2. The Balaban J connectivity index is 5.50. The van der Waals surface area contributed by atoms with Crippen molar-refractivity contribution in [1.29, 1.82) is 0 Å². The number of esters is 4. The quantitative estimate of drug-likeness (QED) is 0.0169. The van der Waals surface area contributed by atoms with Crippen molar-refractivity contribution in [3.05, 3.63) is 194 Å². The predicted octanol–water partition coefficient (Wildman–Crippen LogP) is 22.5. The molecule has 0 aliphatic heterocycles. The average molecular weight is 1490 g/mol. The first-order valence-electron chi connectivity index (χ1n) is 38.7. The SMILES string of the molecule is CC/C=C\C/C=C\C/C=C\C/C=C\C/C=C\CCCCCC(=O)OCC(COP(=O)(O)OCC(O)COP(=O)(O)OCC(COC(=O)CCC/C=C\C/C=C\C/C=C\C/C=C\C/C=C\CC)OC(=O)CCCCCCC/C=C\CCCC)OC(=O)CCC/C=C\C/C=C\C/C=C\C/C=C\C/C=C\CC. The Morgan fingerprint density at radius 2 is 0.510 bits per heavy atom. The number of hydrogen-bond donors (Lipinski definition) is 3. The summed E-state index contributed by atoms with van der Waals surface area (Å²) in [6.07, 6.45) is 91.6. The topological polar surface area (TPSA) is 237 Å². The van der Waals surface area contributed by atoms with Crippen LogP contribution in [0.15, 0.2) is 194 Å². The van der Waals surface area contributed by atoms with Crippen molar-refractivity contribution in [3.63, 3.8) is 0 Å². The van der Waals surface area contributed by atoms with Gasteiger partial charge in [-0.2, -0.15) is 0 Å². The van der Waals surface area contributed by atoms with E-state index in [2.05, 4.69) is 198 Å². The third-order valence-corrected chi connectivity index (χ3v) is 16.9. The van der Waals surface area contributed by atoms with Gasteiger partial charge in [-0.15, -0.1) is 0 Å². The lowest BCUT2D eigenvalue weighted by molar-refractivity contribution is -0.161. The first kappa shape index (κ1) is 97.9. The lowest BCUT2D eigenvalue weighted by Crippen LogP contribution is -2.30. The van der Waals surface area contributed by atoms with Crippen molar-refractivity contribution in [1.82, 2.24) is 0 Å². The third-order valence-electron chi connectivity index (χ3n) is 15.0. The molecule has 104 heavy (non-hydrogen) atoms. The molecule has 0 aliphatic carbocycles. The van der Waals surface area contributed by atoms with E-state index in [4.69, 9.17) is 37.0 Å². The van der Waals surface area contributed by atoms with Crippen molar-refractivity contribution in [2.75, 3.05) is 39.6 Å². The minimum atomic E-state index is -5.01. The van der Waals surface area contributed by atoms with Crippen LogP contribution in [0.4, 0.5) is 0 Å². The van der Waals surface area contributed by atoms with E-state index in [0.717, 1.165) is 161 Å². The van der Waals surface area contributed by atoms with Crippen molar-refractivity contribution < 1.29 is 80.2 Å². The number of carbonyl (C=O) groups excluding carboxylic acids is 4. The zero-order chi connectivity index (χ0) is 76.0. The summed E-state index contributed by atoms with van der Waals surface area (Å²) >= 11 is 0. The van der Waals surface area contributed by atoms with Crippen LogP contribution in [0.5, 0.6) is 0 Å². The highest BCUT2D eigenvalue weighted by Gasteiger charge is 2.30. The minimum Gasteiger partial charge on any atom is -0.462 e. The average Bonchev–Trinajstić information content (AvgIpc) is 0.931. The molecule has 0 aliphatic rings. The van der Waals surface area contributed by atoms with E-state index in [1.165, 1.54) is 6.42 Å². The van der Waals surface area contributed by atoms with Crippen LogP contribution in [0.2, 0.25) is 0 Å². The van der Waals surface area contributed by atoms with Gasteiger partial charge in [-0.25, -0.2) is 9.13 Å². The molecular formula is C85H134O17P2. The van der Waals surface area contributed by atoms with Gasteiger partial charge in [0, 0.05) is 25.7 Å². The molecule has 0 saturated heterocycles. The third kappa shape index (κ3) is 74.2. The number of rotatable bonds is 70. The summed E-state index contributed by atoms with van der Waals surface area (Å²) in [7, 11) is -10.0. The molecule has 0 bridgehead atoms. The number of aliphatic hydroxyl groups excluding tert-OH is 1. The molecule has 5 atom stereocenters. The molecule has 0 aromatic carbocycles. The molecule has 586 valence electrons. The molecule has 0 fully saturated rings. The fourth-order valence-electron chi connectivity index (χ4n) is 9.24. The zero-order valence-electron chi connectivity index (χ0n) is 63.9. The van der Waals surface area contributed by atoms with E-state index in [-0.39, 0.29) is 25.7 Å². The number of ether oxygens (including phenoxy) is 4. The lowest BCUT2D eigenvalue weighted by Gasteiger charge is -2.21. The number of phosphoric acid groups is 2. The number of aliphatic hydroxyl groups is 1. The van der Waals surface area contributed by atoms with E-state index in [1.54, 1.807) is 0 Å². The number of allylic oxidation sites excluding steroid dienone is 32. The molecular weight excluding hydrogens is 1350 g/mol. The molecule has 5 unspecified atom stereocenters. The molecule has 0 aromatic heterocycles. The second kappa shape index (κ2) is 75.1. The van der Waals surface area contributed by atoms with Crippen LogP contribution in [0.25, 0.3) is 0 Å². The highest BCUT2D eigenvalue weighted by molar-refractivity contribution is 7.47. The maximum atomic E-state index is 13.1. The van der Waals surface area contributed by atoms with Crippen LogP contribution in [0.1, 0.15) is 259 Å². The Hall–Kier alpha value is -6.10. The van der Waals surface area contributed by atoms with Gasteiger partial charge in [0.1, 0.15) is 19.3 Å². The summed E-state index contributed by atoms with van der Waals surface area (Å²) in [5, 5.41) is 10.6. The summed E-state index contributed by atoms with van der Waals surface area (Å²) < 4.78 is 68.3. The van der Waals surface area contributed by atoms with Gasteiger partial charge in [-0.05, 0) is 167 Å². The normalized spacial score (nSPS) is 15.0. The van der Waals surface area contributed by atoms with E-state index in [1.807, 2.05) is 24.3 Å². The summed E-state index contributed by atoms with van der Waals surface area (Å²) in [6.45, 7) is 4.27. The first-order valence-corrected chi connectivity index (χ1v) is 41.7. The largest absolute Gasteiger partial charge is 0.472 e. The van der Waals surface area contributed by atoms with Gasteiger partial charge >= 0.3 is 39.5 Å². The van der Waals surface area contributed by atoms with Crippen LogP contribution < -0.4 is 0 Å². The molecule has 0 amide bonds. The Morgan fingerprint density at radius 3 is 0.837 bits per heavy atom. The monoisotopic (exact) mass is 1490 g/mol. The van der Waals surface area contributed by atoms with Crippen molar-refractivity contribution in [3.8, 4) is 0 Å². The number of unbranched alkanes of at least 4 members (excludes halogenated alkanes) is 12. The second-order valence-corrected chi connectivity index (χ2v) is 27.7. The van der Waals surface area contributed by atoms with Gasteiger partial charge in [-0.3, -0.25) is 37.3 Å². The summed E-state index contributed by atoms with van der Waals surface area (Å²) in [5.74, 6) is -2.38. The van der Waals surface area contributed by atoms with Gasteiger partial charge in [-0.1, -0.05) is 261 Å². The standard InChI is InChI=1S/C85H134O17P2/c1-5-9-13-17-21-25-29-32-35-38-39-42-44-47-51-54-58-62-66-70-83(88)96-76-81(102-85(90)72-68-64-60-56-52-48-45-41-37-34-31-27-23-19-15-11-7-3)78-100-104(93,94)98-74-79(86)73-97-103(91,92)99-77-80(101-84(89)71-67-63-59-55-49-28-24-20-16-12-8-4)75-95-82(87)69-65-61-57-53-50-46-43-40-36-33-30-26-22-18-14-10-6-2/h9-11,13-15,20-27,32-37,39,42-43,45-48,51,53,56-57,60,79-81,86H,5-8,12,16-19,28-31,38,40-41,44,49-50,52,54-55,58-59,61-78H2,1-4H3,(H,91,92)(H,93,94)/b13-9-,14-10-,15-11-,24-20-,25-21-,26-22-,27-23-,35-32-,36-33-,37-34-,42-39-,46-43-,48-45-,51-47-,57-53-,60-56-. The van der Waals surface area contributed by atoms with Crippen molar-refractivity contribution >= 4 is 39.5 Å². The van der Waals surface area contributed by atoms with Crippen LogP contribution in [0.3, 0.4) is 0 Å². The molecule has 0 saturated carbocycles. The van der Waals surface area contributed by atoms with E-state index in [9.17, 15) is 43.2 Å². The minimum absolute atomic E-state index is 0.000675. The fourth-order valence-corrected chi connectivity index (χ4v) is 10.8. The van der Waals surface area contributed by atoms with Crippen LogP contribution in [0, 0.1) is 0 Å². The first-order chi connectivity index (χ1) is 50.7. The van der Waals surface area contributed by atoms with Crippen LogP contribution in [-0.2, 0) is 65.4 Å². The van der Waals surface area contributed by atoms with Gasteiger partial charge in [0.2, 0.25) is 0 Å². The molecule has 0 radical (unpaired) electrons. The van der Waals surface area contributed by atoms with Crippen LogP contribution in [-0.4, -0.2) is 96.7 Å². The maximum Gasteiger partial charge on any atom is 0.472 e. The Kier molecular flexibility index (Phi) is 70.7. The van der Waals surface area contributed by atoms with Gasteiger partial charge in [0.15, 0.2) is 12.2 Å².